The molecule has 2 rings (SSSR count). The molecule has 0 bridgehead atoms. The summed E-state index contributed by atoms with van der Waals surface area (Å²) in [5.74, 6) is 1.51. The van der Waals surface area contributed by atoms with E-state index in [-0.39, 0.29) is 0 Å². The zero-order chi connectivity index (χ0) is 33.1. The average molecular weight is 670 g/mol. The van der Waals surface area contributed by atoms with Gasteiger partial charge in [-0.15, -0.1) is 0 Å². The van der Waals surface area contributed by atoms with Crippen LogP contribution in [0.4, 0.5) is 5.69 Å². The van der Waals surface area contributed by atoms with Gasteiger partial charge in [0.1, 0.15) is 24.7 Å². The third-order valence-corrected chi connectivity index (χ3v) is 5.99. The normalized spacial score (nSPS) is 11.2. The number of nitrogens with two attached hydrogens (primary N) is 1. The quantitative estimate of drug-likeness (QED) is 0.0852. The van der Waals surface area contributed by atoms with Gasteiger partial charge in [-0.1, -0.05) is 30.3 Å². The van der Waals surface area contributed by atoms with Crippen LogP contribution in [-0.2, 0) is 47.4 Å². The lowest BCUT2D eigenvalue weighted by Crippen LogP contribution is -2.15. The smallest absolute Gasteiger partial charge is 0.142 e. The van der Waals surface area contributed by atoms with Crippen molar-refractivity contribution in [2.24, 2.45) is 0 Å². The van der Waals surface area contributed by atoms with E-state index in [9.17, 15) is 0 Å². The number of ether oxygens (including phenoxy) is 12. The maximum absolute atomic E-state index is 5.82. The Balaban J connectivity index is 1.14. The fourth-order valence-corrected chi connectivity index (χ4v) is 3.64. The second kappa shape index (κ2) is 32.0. The van der Waals surface area contributed by atoms with E-state index < -0.39 is 0 Å². The van der Waals surface area contributed by atoms with Crippen LogP contribution in [0.3, 0.4) is 0 Å². The van der Waals surface area contributed by atoms with E-state index in [0.717, 1.165) is 5.75 Å². The maximum Gasteiger partial charge on any atom is 0.142 e. The molecule has 2 aromatic carbocycles. The molecule has 0 spiro atoms. The molecule has 0 unspecified atom stereocenters. The first-order chi connectivity index (χ1) is 23.4. The van der Waals surface area contributed by atoms with Crippen LogP contribution in [0.25, 0.3) is 0 Å². The van der Waals surface area contributed by atoms with Crippen molar-refractivity contribution in [2.75, 3.05) is 151 Å². The van der Waals surface area contributed by atoms with Gasteiger partial charge in [0.15, 0.2) is 0 Å². The van der Waals surface area contributed by atoms with Crippen LogP contribution < -0.4 is 15.2 Å². The molecule has 0 radical (unpaired) electrons. The Morgan fingerprint density at radius 1 is 0.298 bits per heavy atom. The van der Waals surface area contributed by atoms with Crippen molar-refractivity contribution in [2.45, 2.75) is 0 Å². The van der Waals surface area contributed by atoms with Crippen molar-refractivity contribution in [1.29, 1.82) is 0 Å². The molecule has 0 saturated carbocycles. The van der Waals surface area contributed by atoms with Crippen molar-refractivity contribution in [3.63, 3.8) is 0 Å². The third-order valence-electron chi connectivity index (χ3n) is 5.99. The van der Waals surface area contributed by atoms with E-state index in [1.165, 1.54) is 0 Å². The Bertz CT molecular complexity index is 927. The molecule has 2 N–H and O–H groups in total. The molecule has 13 nitrogen and oxygen atoms in total. The van der Waals surface area contributed by atoms with E-state index in [0.29, 0.717) is 157 Å². The lowest BCUT2D eigenvalue weighted by atomic mass is 10.3. The molecule has 0 heterocycles. The molecule has 0 fully saturated rings. The minimum atomic E-state index is 0.438. The Morgan fingerprint density at radius 2 is 0.574 bits per heavy atom. The first-order valence-electron chi connectivity index (χ1n) is 16.3. The fraction of sp³-hybridized carbons (Fsp3) is 0.647. The number of para-hydroxylation sites is 3. The predicted octanol–water partition coefficient (Wildman–Crippen LogP) is 2.89. The lowest BCUT2D eigenvalue weighted by Gasteiger charge is -2.10. The zero-order valence-electron chi connectivity index (χ0n) is 27.7. The average Bonchev–Trinajstić information content (AvgIpc) is 3.09. The topological polar surface area (TPSA) is 137 Å². The first-order valence-corrected chi connectivity index (χ1v) is 16.3. The van der Waals surface area contributed by atoms with Crippen LogP contribution in [0.1, 0.15) is 0 Å². The first kappa shape index (κ1) is 40.6. The summed E-state index contributed by atoms with van der Waals surface area (Å²) in [5.41, 5.74) is 6.44. The summed E-state index contributed by atoms with van der Waals surface area (Å²) in [4.78, 5) is 0. The highest BCUT2D eigenvalue weighted by molar-refractivity contribution is 5.51. The van der Waals surface area contributed by atoms with E-state index in [1.807, 2.05) is 48.5 Å². The molecular weight excluding hydrogens is 614 g/mol. The molecule has 47 heavy (non-hydrogen) atoms. The molecule has 268 valence electrons. The van der Waals surface area contributed by atoms with Crippen LogP contribution in [0.2, 0.25) is 0 Å². The molecule has 2 aromatic rings. The van der Waals surface area contributed by atoms with Gasteiger partial charge in [0.25, 0.3) is 0 Å². The molecule has 0 amide bonds. The molecule has 0 atom stereocenters. The monoisotopic (exact) mass is 669 g/mol. The minimum Gasteiger partial charge on any atom is -0.491 e. The second-order valence-corrected chi connectivity index (χ2v) is 9.67. The van der Waals surface area contributed by atoms with Crippen molar-refractivity contribution in [3.8, 4) is 11.5 Å². The second-order valence-electron chi connectivity index (χ2n) is 9.67. The summed E-state index contributed by atoms with van der Waals surface area (Å²) in [6.45, 7) is 11.1. The highest BCUT2D eigenvalue weighted by Gasteiger charge is 1.99. The summed E-state index contributed by atoms with van der Waals surface area (Å²) in [7, 11) is 0. The Kier molecular flexibility index (Phi) is 27.7. The van der Waals surface area contributed by atoms with E-state index in [2.05, 4.69) is 0 Å². The van der Waals surface area contributed by atoms with Gasteiger partial charge < -0.3 is 62.6 Å². The largest absolute Gasteiger partial charge is 0.491 e. The highest BCUT2D eigenvalue weighted by atomic mass is 16.6. The highest BCUT2D eigenvalue weighted by Crippen LogP contribution is 2.19. The van der Waals surface area contributed by atoms with Gasteiger partial charge in [0.2, 0.25) is 0 Å². The maximum atomic E-state index is 5.82. The van der Waals surface area contributed by atoms with Gasteiger partial charge in [0.05, 0.1) is 138 Å². The number of rotatable bonds is 35. The van der Waals surface area contributed by atoms with Crippen LogP contribution in [0, 0.1) is 0 Å². The molecule has 0 aliphatic rings. The number of benzene rings is 2. The number of hydrogen-bond acceptors (Lipinski definition) is 13. The van der Waals surface area contributed by atoms with E-state index in [4.69, 9.17) is 62.6 Å². The van der Waals surface area contributed by atoms with Crippen molar-refractivity contribution in [1.82, 2.24) is 0 Å². The molecule has 0 aromatic heterocycles. The minimum absolute atomic E-state index is 0.438. The fourth-order valence-electron chi connectivity index (χ4n) is 3.64. The summed E-state index contributed by atoms with van der Waals surface area (Å²) in [5, 5.41) is 0. The number of nitrogen functional groups attached to an aromatic ring is 1. The van der Waals surface area contributed by atoms with Crippen molar-refractivity contribution in [3.05, 3.63) is 54.6 Å². The third kappa shape index (κ3) is 26.1. The Morgan fingerprint density at radius 3 is 0.915 bits per heavy atom. The summed E-state index contributed by atoms with van der Waals surface area (Å²) in [6, 6.07) is 17.0. The lowest BCUT2D eigenvalue weighted by molar-refractivity contribution is -0.0269. The SMILES string of the molecule is Nc1ccccc1OCCOCCOCCOCCOCCOCCOCCOCCOCCOCCOCCOc1ccccc1. The molecule has 0 aliphatic heterocycles. The molecule has 0 aliphatic carbocycles. The van der Waals surface area contributed by atoms with Crippen LogP contribution >= 0.6 is 0 Å². The van der Waals surface area contributed by atoms with Crippen LogP contribution in [0.5, 0.6) is 11.5 Å². The standard InChI is InChI=1S/C34H55NO12/c35-33-8-4-5-9-34(33)47-31-29-45-27-25-43-23-21-41-19-17-39-15-13-37-11-10-36-12-14-38-16-18-40-20-22-42-24-26-44-28-30-46-32-6-2-1-3-7-32/h1-9H,10-31,35H2. The van der Waals surface area contributed by atoms with E-state index >= 15 is 0 Å². The summed E-state index contributed by atoms with van der Waals surface area (Å²) < 4.78 is 65.9. The van der Waals surface area contributed by atoms with Crippen LogP contribution in [0.15, 0.2) is 54.6 Å². The number of anilines is 1. The van der Waals surface area contributed by atoms with Crippen molar-refractivity contribution >= 4 is 5.69 Å². The van der Waals surface area contributed by atoms with E-state index in [1.54, 1.807) is 6.07 Å². The zero-order valence-corrected chi connectivity index (χ0v) is 27.7. The van der Waals surface area contributed by atoms with Gasteiger partial charge in [-0.25, -0.2) is 0 Å². The Hall–Kier alpha value is -2.56. The Labute approximate surface area is 279 Å². The molecule has 0 saturated heterocycles. The van der Waals surface area contributed by atoms with Gasteiger partial charge in [-0.3, -0.25) is 0 Å². The van der Waals surface area contributed by atoms with Gasteiger partial charge in [0, 0.05) is 0 Å². The van der Waals surface area contributed by atoms with Gasteiger partial charge in [-0.2, -0.15) is 0 Å². The summed E-state index contributed by atoms with van der Waals surface area (Å²) in [6.07, 6.45) is 0. The molecular formula is C34H55NO12. The van der Waals surface area contributed by atoms with Crippen LogP contribution in [-0.4, -0.2) is 145 Å². The van der Waals surface area contributed by atoms with Gasteiger partial charge in [-0.05, 0) is 24.3 Å². The van der Waals surface area contributed by atoms with Gasteiger partial charge >= 0.3 is 0 Å². The summed E-state index contributed by atoms with van der Waals surface area (Å²) >= 11 is 0. The molecule has 13 heteroatoms. The van der Waals surface area contributed by atoms with Crippen molar-refractivity contribution < 1.29 is 56.8 Å². The number of hydrogen-bond donors (Lipinski definition) is 1. The predicted molar refractivity (Wildman–Crippen MR) is 176 cm³/mol.